The van der Waals surface area contributed by atoms with Crippen molar-refractivity contribution < 1.29 is 8.78 Å². The van der Waals surface area contributed by atoms with Gasteiger partial charge in [-0.3, -0.25) is 0 Å². The molecule has 2 aromatic rings. The molecular formula is C16H17F2N. The molecule has 0 fully saturated rings. The van der Waals surface area contributed by atoms with Crippen LogP contribution in [0, 0.1) is 0 Å². The number of nitrogens with one attached hydrogen (secondary N) is 1. The van der Waals surface area contributed by atoms with Crippen molar-refractivity contribution in [3.8, 4) is 0 Å². The predicted octanol–water partition coefficient (Wildman–Crippen LogP) is 4.13. The van der Waals surface area contributed by atoms with Gasteiger partial charge < -0.3 is 5.32 Å². The van der Waals surface area contributed by atoms with E-state index in [4.69, 9.17) is 0 Å². The fourth-order valence-electron chi connectivity index (χ4n) is 1.92. The second kappa shape index (κ2) is 5.93. The van der Waals surface area contributed by atoms with E-state index in [0.29, 0.717) is 0 Å². The third-order valence-corrected chi connectivity index (χ3v) is 3.13. The molecule has 1 N–H and O–H groups in total. The summed E-state index contributed by atoms with van der Waals surface area (Å²) in [5.41, 5.74) is 1.05. The largest absolute Gasteiger partial charge is 0.304 e. The smallest absolute Gasteiger partial charge is 0.285 e. The van der Waals surface area contributed by atoms with Gasteiger partial charge in [-0.2, -0.15) is 8.78 Å². The molecule has 0 saturated carbocycles. The summed E-state index contributed by atoms with van der Waals surface area (Å²) in [6, 6.07) is 17.4. The molecule has 0 bridgehead atoms. The minimum Gasteiger partial charge on any atom is -0.304 e. The number of alkyl halides is 2. The number of hydrogen-bond donors (Lipinski definition) is 1. The molecule has 0 radical (unpaired) electrons. The van der Waals surface area contributed by atoms with Crippen molar-refractivity contribution in [1.82, 2.24) is 5.32 Å². The zero-order valence-electron chi connectivity index (χ0n) is 10.8. The molecule has 1 nitrogen and oxygen atoms in total. The van der Waals surface area contributed by atoms with E-state index in [2.05, 4.69) is 5.32 Å². The van der Waals surface area contributed by atoms with Crippen LogP contribution in [0.25, 0.3) is 0 Å². The van der Waals surface area contributed by atoms with Gasteiger partial charge in [0.1, 0.15) is 0 Å². The molecule has 2 rings (SSSR count). The molecule has 2 aromatic carbocycles. The third kappa shape index (κ3) is 3.61. The van der Waals surface area contributed by atoms with Gasteiger partial charge in [-0.1, -0.05) is 60.7 Å². The summed E-state index contributed by atoms with van der Waals surface area (Å²) >= 11 is 0. The number of benzene rings is 2. The summed E-state index contributed by atoms with van der Waals surface area (Å²) in [5, 5.41) is 2.89. The first-order valence-electron chi connectivity index (χ1n) is 6.31. The van der Waals surface area contributed by atoms with E-state index in [9.17, 15) is 8.78 Å². The standard InChI is InChI=1S/C16H17F2N/c1-13(14-8-4-2-5-9-14)19-12-16(17,18)15-10-6-3-7-11-15/h2-11,13,19H,12H2,1H3. The second-order valence-electron chi connectivity index (χ2n) is 4.58. The Morgan fingerprint density at radius 1 is 0.947 bits per heavy atom. The molecular weight excluding hydrogens is 244 g/mol. The van der Waals surface area contributed by atoms with Crippen molar-refractivity contribution in [2.75, 3.05) is 6.54 Å². The van der Waals surface area contributed by atoms with Gasteiger partial charge in [0.2, 0.25) is 0 Å². The summed E-state index contributed by atoms with van der Waals surface area (Å²) in [6.07, 6.45) is 0. The lowest BCUT2D eigenvalue weighted by atomic mass is 10.1. The Morgan fingerprint density at radius 2 is 1.47 bits per heavy atom. The average molecular weight is 261 g/mol. The summed E-state index contributed by atoms with van der Waals surface area (Å²) in [6.45, 7) is 1.52. The lowest BCUT2D eigenvalue weighted by Gasteiger charge is -2.21. The first-order valence-corrected chi connectivity index (χ1v) is 6.31. The molecule has 19 heavy (non-hydrogen) atoms. The Hall–Kier alpha value is -1.74. The van der Waals surface area contributed by atoms with Crippen LogP contribution in [0.4, 0.5) is 8.78 Å². The summed E-state index contributed by atoms with van der Waals surface area (Å²) in [7, 11) is 0. The highest BCUT2D eigenvalue weighted by Gasteiger charge is 2.31. The zero-order chi connectivity index (χ0) is 13.7. The molecule has 0 aliphatic rings. The number of rotatable bonds is 5. The minimum atomic E-state index is -2.86. The van der Waals surface area contributed by atoms with Crippen LogP contribution in [-0.2, 0) is 5.92 Å². The zero-order valence-corrected chi connectivity index (χ0v) is 10.8. The summed E-state index contributed by atoms with van der Waals surface area (Å²) in [5.74, 6) is -2.86. The summed E-state index contributed by atoms with van der Waals surface area (Å²) in [4.78, 5) is 0. The quantitative estimate of drug-likeness (QED) is 0.853. The van der Waals surface area contributed by atoms with E-state index in [1.54, 1.807) is 18.2 Å². The maximum absolute atomic E-state index is 14.0. The van der Waals surface area contributed by atoms with Gasteiger partial charge in [0.15, 0.2) is 0 Å². The summed E-state index contributed by atoms with van der Waals surface area (Å²) < 4.78 is 27.9. The molecule has 0 spiro atoms. The Labute approximate surface area is 112 Å². The van der Waals surface area contributed by atoms with E-state index in [1.165, 1.54) is 12.1 Å². The maximum atomic E-state index is 14.0. The van der Waals surface area contributed by atoms with E-state index in [1.807, 2.05) is 37.3 Å². The fraction of sp³-hybridized carbons (Fsp3) is 0.250. The third-order valence-electron chi connectivity index (χ3n) is 3.13. The maximum Gasteiger partial charge on any atom is 0.285 e. The SMILES string of the molecule is CC(NCC(F)(F)c1ccccc1)c1ccccc1. The van der Waals surface area contributed by atoms with Crippen LogP contribution < -0.4 is 5.32 Å². The predicted molar refractivity (Wildman–Crippen MR) is 73.2 cm³/mol. The van der Waals surface area contributed by atoms with Crippen LogP contribution in [0.5, 0.6) is 0 Å². The fourth-order valence-corrected chi connectivity index (χ4v) is 1.92. The topological polar surface area (TPSA) is 12.0 Å². The lowest BCUT2D eigenvalue weighted by Crippen LogP contribution is -2.32. The van der Waals surface area contributed by atoms with E-state index < -0.39 is 5.92 Å². The van der Waals surface area contributed by atoms with Crippen molar-refractivity contribution in [3.05, 3.63) is 71.8 Å². The highest BCUT2D eigenvalue weighted by molar-refractivity contribution is 5.21. The van der Waals surface area contributed by atoms with Crippen LogP contribution in [0.3, 0.4) is 0 Å². The van der Waals surface area contributed by atoms with Crippen molar-refractivity contribution in [2.45, 2.75) is 18.9 Å². The molecule has 1 unspecified atom stereocenters. The van der Waals surface area contributed by atoms with Gasteiger partial charge in [-0.15, -0.1) is 0 Å². The van der Waals surface area contributed by atoms with Gasteiger partial charge in [-0.05, 0) is 12.5 Å². The second-order valence-corrected chi connectivity index (χ2v) is 4.58. The van der Waals surface area contributed by atoms with Gasteiger partial charge >= 0.3 is 0 Å². The van der Waals surface area contributed by atoms with Gasteiger partial charge in [0.25, 0.3) is 5.92 Å². The molecule has 0 amide bonds. The molecule has 3 heteroatoms. The molecule has 0 aromatic heterocycles. The van der Waals surface area contributed by atoms with Crippen LogP contribution >= 0.6 is 0 Å². The Morgan fingerprint density at radius 3 is 2.05 bits per heavy atom. The molecule has 0 saturated heterocycles. The van der Waals surface area contributed by atoms with Gasteiger partial charge in [0.05, 0.1) is 6.54 Å². The average Bonchev–Trinajstić information content (AvgIpc) is 2.47. The van der Waals surface area contributed by atoms with Crippen molar-refractivity contribution in [1.29, 1.82) is 0 Å². The normalized spacial score (nSPS) is 13.2. The van der Waals surface area contributed by atoms with Crippen molar-refractivity contribution in [3.63, 3.8) is 0 Å². The van der Waals surface area contributed by atoms with E-state index in [-0.39, 0.29) is 18.2 Å². The first-order chi connectivity index (χ1) is 9.09. The van der Waals surface area contributed by atoms with Crippen molar-refractivity contribution >= 4 is 0 Å². The van der Waals surface area contributed by atoms with Crippen LogP contribution in [-0.4, -0.2) is 6.54 Å². The Kier molecular flexibility index (Phi) is 4.27. The molecule has 0 aliphatic carbocycles. The number of hydrogen-bond acceptors (Lipinski definition) is 1. The van der Waals surface area contributed by atoms with Crippen LogP contribution in [0.1, 0.15) is 24.1 Å². The monoisotopic (exact) mass is 261 g/mol. The van der Waals surface area contributed by atoms with E-state index in [0.717, 1.165) is 5.56 Å². The van der Waals surface area contributed by atoms with Crippen molar-refractivity contribution in [2.24, 2.45) is 0 Å². The molecule has 0 heterocycles. The number of halogens is 2. The highest BCUT2D eigenvalue weighted by Crippen LogP contribution is 2.27. The first kappa shape index (κ1) is 13.7. The lowest BCUT2D eigenvalue weighted by molar-refractivity contribution is -0.00534. The van der Waals surface area contributed by atoms with Crippen LogP contribution in [0.2, 0.25) is 0 Å². The molecule has 1 atom stereocenters. The Balaban J connectivity index is 1.99. The van der Waals surface area contributed by atoms with Gasteiger partial charge in [0, 0.05) is 11.6 Å². The van der Waals surface area contributed by atoms with Crippen LogP contribution in [0.15, 0.2) is 60.7 Å². The highest BCUT2D eigenvalue weighted by atomic mass is 19.3. The molecule has 100 valence electrons. The van der Waals surface area contributed by atoms with Gasteiger partial charge in [-0.25, -0.2) is 0 Å². The molecule has 0 aliphatic heterocycles. The Bertz CT molecular complexity index is 497. The minimum absolute atomic E-state index is 0.0442. The van der Waals surface area contributed by atoms with E-state index >= 15 is 0 Å².